The molecule has 6 aromatic carbocycles. The second-order valence-electron chi connectivity index (χ2n) is 9.42. The number of hydrogen-bond donors (Lipinski definition) is 2. The molecule has 0 radical (unpaired) electrons. The number of para-hydroxylation sites is 2. The minimum absolute atomic E-state index is 0.0868. The van der Waals surface area contributed by atoms with Crippen molar-refractivity contribution in [3.63, 3.8) is 0 Å². The number of ether oxygens (including phenoxy) is 2. The van der Waals surface area contributed by atoms with E-state index in [-0.39, 0.29) is 11.1 Å². The Labute approximate surface area is 241 Å². The van der Waals surface area contributed by atoms with Crippen molar-refractivity contribution in [2.75, 3.05) is 0 Å². The Bertz CT molecular complexity index is 2020. The lowest BCUT2D eigenvalue weighted by molar-refractivity contribution is 0.480. The summed E-state index contributed by atoms with van der Waals surface area (Å²) in [6.07, 6.45) is 0. The number of rotatable bonds is 7. The third-order valence-electron chi connectivity index (χ3n) is 6.67. The zero-order valence-electron chi connectivity index (χ0n) is 21.7. The highest BCUT2D eigenvalue weighted by Crippen LogP contribution is 2.44. The van der Waals surface area contributed by atoms with E-state index in [0.717, 1.165) is 0 Å². The standard InChI is InChI=1S/C32H22O8S2/c33-41(34,35)29-17-11-21-19-25(39-23-7-3-1-4-8-23)13-15-27(21)31(29)32-28-16-14-26(40-24-9-5-2-6-10-24)20-22(28)12-18-30(32)42(36,37)38/h1-20H,(H,33,34,35)(H,36,37,38). The SMILES string of the molecule is O=S(=O)(O)c1ccc2cc(Oc3ccccc3)ccc2c1-c1c(S(=O)(=O)O)ccc2cc(Oc3ccccc3)ccc12. The number of hydrogen-bond acceptors (Lipinski definition) is 6. The summed E-state index contributed by atoms with van der Waals surface area (Å²) in [5, 5.41) is 1.64. The van der Waals surface area contributed by atoms with E-state index in [1.165, 1.54) is 24.3 Å². The Hall–Kier alpha value is -4.74. The summed E-state index contributed by atoms with van der Waals surface area (Å²) in [4.78, 5) is -1.04. The smallest absolute Gasteiger partial charge is 0.295 e. The fourth-order valence-electron chi connectivity index (χ4n) is 4.90. The molecule has 0 aliphatic rings. The largest absolute Gasteiger partial charge is 0.457 e. The Kier molecular flexibility index (Phi) is 6.91. The molecule has 0 unspecified atom stereocenters. The summed E-state index contributed by atoms with van der Waals surface area (Å²) in [5.41, 5.74) is -0.174. The summed E-state index contributed by atoms with van der Waals surface area (Å²) in [6, 6.07) is 33.2. The Morgan fingerprint density at radius 3 is 1.17 bits per heavy atom. The van der Waals surface area contributed by atoms with Crippen LogP contribution in [0.1, 0.15) is 0 Å². The van der Waals surface area contributed by atoms with Gasteiger partial charge < -0.3 is 9.47 Å². The molecule has 0 saturated carbocycles. The maximum atomic E-state index is 12.6. The van der Waals surface area contributed by atoms with Gasteiger partial charge in [0.15, 0.2) is 0 Å². The van der Waals surface area contributed by atoms with Gasteiger partial charge in [0.25, 0.3) is 20.2 Å². The molecule has 0 saturated heterocycles. The maximum Gasteiger partial charge on any atom is 0.295 e. The van der Waals surface area contributed by atoms with Crippen molar-refractivity contribution in [1.29, 1.82) is 0 Å². The van der Waals surface area contributed by atoms with Crippen LogP contribution in [0.15, 0.2) is 131 Å². The quantitative estimate of drug-likeness (QED) is 0.179. The van der Waals surface area contributed by atoms with Crippen LogP contribution >= 0.6 is 0 Å². The van der Waals surface area contributed by atoms with Gasteiger partial charge in [0.2, 0.25) is 0 Å². The highest BCUT2D eigenvalue weighted by Gasteiger charge is 2.27. The van der Waals surface area contributed by atoms with Gasteiger partial charge >= 0.3 is 0 Å². The van der Waals surface area contributed by atoms with Crippen LogP contribution in [0.5, 0.6) is 23.0 Å². The molecular weight excluding hydrogens is 576 g/mol. The van der Waals surface area contributed by atoms with Crippen molar-refractivity contribution in [3.05, 3.63) is 121 Å². The maximum absolute atomic E-state index is 12.6. The first kappa shape index (κ1) is 27.4. The molecule has 2 N–H and O–H groups in total. The van der Waals surface area contributed by atoms with Gasteiger partial charge in [0, 0.05) is 11.1 Å². The zero-order valence-corrected chi connectivity index (χ0v) is 23.3. The van der Waals surface area contributed by atoms with Gasteiger partial charge in [-0.2, -0.15) is 16.8 Å². The van der Waals surface area contributed by atoms with Crippen LogP contribution in [0.2, 0.25) is 0 Å². The molecule has 42 heavy (non-hydrogen) atoms. The predicted molar refractivity (Wildman–Crippen MR) is 160 cm³/mol. The minimum Gasteiger partial charge on any atom is -0.457 e. The number of benzene rings is 6. The van der Waals surface area contributed by atoms with Crippen LogP contribution in [-0.2, 0) is 20.2 Å². The normalized spacial score (nSPS) is 12.0. The van der Waals surface area contributed by atoms with E-state index in [1.807, 2.05) is 36.4 Å². The molecule has 0 aliphatic carbocycles. The Balaban J connectivity index is 1.61. The van der Waals surface area contributed by atoms with Gasteiger partial charge in [-0.3, -0.25) is 9.11 Å². The van der Waals surface area contributed by atoms with Crippen molar-refractivity contribution in [2.24, 2.45) is 0 Å². The summed E-state index contributed by atoms with van der Waals surface area (Å²) in [6.45, 7) is 0. The van der Waals surface area contributed by atoms with Gasteiger partial charge in [0.05, 0.1) is 0 Å². The van der Waals surface area contributed by atoms with Gasteiger partial charge in [-0.15, -0.1) is 0 Å². The fraction of sp³-hybridized carbons (Fsp3) is 0. The second-order valence-corrected chi connectivity index (χ2v) is 12.2. The van der Waals surface area contributed by atoms with E-state index in [4.69, 9.17) is 9.47 Å². The molecule has 0 bridgehead atoms. The molecule has 0 heterocycles. The highest BCUT2D eigenvalue weighted by atomic mass is 32.2. The highest BCUT2D eigenvalue weighted by molar-refractivity contribution is 7.86. The second kappa shape index (κ2) is 10.6. The molecule has 0 fully saturated rings. The predicted octanol–water partition coefficient (Wildman–Crippen LogP) is 7.74. The molecule has 210 valence electrons. The fourth-order valence-corrected chi connectivity index (χ4v) is 6.32. The van der Waals surface area contributed by atoms with Crippen molar-refractivity contribution >= 4 is 41.8 Å². The van der Waals surface area contributed by atoms with Crippen LogP contribution < -0.4 is 9.47 Å². The van der Waals surface area contributed by atoms with Gasteiger partial charge in [-0.1, -0.05) is 60.7 Å². The third kappa shape index (κ3) is 5.44. The molecule has 6 rings (SSSR count). The molecule has 0 aliphatic heterocycles. The summed E-state index contributed by atoms with van der Waals surface area (Å²) < 4.78 is 82.8. The molecule has 0 spiro atoms. The molecule has 0 atom stereocenters. The lowest BCUT2D eigenvalue weighted by atomic mass is 9.93. The van der Waals surface area contributed by atoms with Gasteiger partial charge in [0.1, 0.15) is 32.8 Å². The third-order valence-corrected chi connectivity index (χ3v) is 8.46. The minimum atomic E-state index is -4.84. The van der Waals surface area contributed by atoms with Crippen LogP contribution in [0, 0.1) is 0 Å². The van der Waals surface area contributed by atoms with Gasteiger partial charge in [-0.25, -0.2) is 0 Å². The van der Waals surface area contributed by atoms with E-state index >= 15 is 0 Å². The van der Waals surface area contributed by atoms with Crippen molar-refractivity contribution in [3.8, 4) is 34.1 Å². The van der Waals surface area contributed by atoms with Crippen molar-refractivity contribution in [2.45, 2.75) is 9.79 Å². The van der Waals surface area contributed by atoms with Crippen LogP contribution in [0.4, 0.5) is 0 Å². The monoisotopic (exact) mass is 598 g/mol. The topological polar surface area (TPSA) is 127 Å². The first-order chi connectivity index (χ1) is 20.1. The molecule has 0 amide bonds. The first-order valence-corrected chi connectivity index (χ1v) is 15.5. The molecule has 0 aromatic heterocycles. The zero-order chi connectivity index (χ0) is 29.5. The van der Waals surface area contributed by atoms with Crippen LogP contribution in [0.3, 0.4) is 0 Å². The average molecular weight is 599 g/mol. The number of fused-ring (bicyclic) bond motifs is 2. The van der Waals surface area contributed by atoms with E-state index in [0.29, 0.717) is 44.5 Å². The van der Waals surface area contributed by atoms with Gasteiger partial charge in [-0.05, 0) is 82.2 Å². The van der Waals surface area contributed by atoms with Crippen LogP contribution in [0.25, 0.3) is 32.7 Å². The van der Waals surface area contributed by atoms with Crippen LogP contribution in [-0.4, -0.2) is 25.9 Å². The summed E-state index contributed by atoms with van der Waals surface area (Å²) in [7, 11) is -9.69. The lowest BCUT2D eigenvalue weighted by Gasteiger charge is -2.18. The Morgan fingerprint density at radius 2 is 0.810 bits per heavy atom. The summed E-state index contributed by atoms with van der Waals surface area (Å²) >= 11 is 0. The van der Waals surface area contributed by atoms with E-state index in [2.05, 4.69) is 0 Å². The first-order valence-electron chi connectivity index (χ1n) is 12.6. The van der Waals surface area contributed by atoms with E-state index in [1.54, 1.807) is 60.7 Å². The van der Waals surface area contributed by atoms with Crippen molar-refractivity contribution < 1.29 is 35.4 Å². The van der Waals surface area contributed by atoms with E-state index in [9.17, 15) is 25.9 Å². The molecule has 6 aromatic rings. The van der Waals surface area contributed by atoms with E-state index < -0.39 is 30.0 Å². The summed E-state index contributed by atoms with van der Waals surface area (Å²) in [5.74, 6) is 2.08. The lowest BCUT2D eigenvalue weighted by Crippen LogP contribution is -2.06. The average Bonchev–Trinajstić information content (AvgIpc) is 2.96. The molecule has 8 nitrogen and oxygen atoms in total. The molecular formula is C32H22O8S2. The Morgan fingerprint density at radius 1 is 0.429 bits per heavy atom. The molecule has 10 heteroatoms. The van der Waals surface area contributed by atoms with Crippen molar-refractivity contribution in [1.82, 2.24) is 0 Å².